The molecule has 7 nitrogen and oxygen atoms in total. The first-order chi connectivity index (χ1) is 16.0. The van der Waals surface area contributed by atoms with E-state index in [1.807, 2.05) is 0 Å². The summed E-state index contributed by atoms with van der Waals surface area (Å²) >= 11 is 0. The Morgan fingerprint density at radius 1 is 0.941 bits per heavy atom. The Morgan fingerprint density at radius 2 is 1.62 bits per heavy atom. The van der Waals surface area contributed by atoms with Crippen LogP contribution >= 0.6 is 0 Å². The van der Waals surface area contributed by atoms with Crippen LogP contribution < -0.4 is 9.62 Å². The minimum absolute atomic E-state index is 0.116. The van der Waals surface area contributed by atoms with Crippen molar-refractivity contribution in [3.8, 4) is 0 Å². The van der Waals surface area contributed by atoms with Crippen molar-refractivity contribution < 1.29 is 35.9 Å². The lowest BCUT2D eigenvalue weighted by Crippen LogP contribution is -2.26. The summed E-state index contributed by atoms with van der Waals surface area (Å²) in [5.74, 6) is -1.83. The number of hydrogen-bond acceptors (Lipinski definition) is 5. The van der Waals surface area contributed by atoms with Crippen molar-refractivity contribution in [2.24, 2.45) is 0 Å². The number of anilines is 2. The minimum Gasteiger partial charge on any atom is -0.452 e. The zero-order valence-corrected chi connectivity index (χ0v) is 18.6. The summed E-state index contributed by atoms with van der Waals surface area (Å²) in [6.45, 7) is -0.782. The highest BCUT2D eigenvalue weighted by molar-refractivity contribution is 7.92. The van der Waals surface area contributed by atoms with E-state index in [9.17, 15) is 31.2 Å². The third-order valence-corrected chi connectivity index (χ3v) is 6.44. The zero-order chi connectivity index (χ0) is 24.9. The van der Waals surface area contributed by atoms with Gasteiger partial charge in [0.25, 0.3) is 15.9 Å². The number of nitrogens with zero attached hydrogens (tertiary/aromatic N) is 1. The molecule has 0 spiro atoms. The van der Waals surface area contributed by atoms with Gasteiger partial charge in [-0.3, -0.25) is 9.10 Å². The van der Waals surface area contributed by atoms with Crippen LogP contribution in [-0.2, 0) is 25.7 Å². The average molecular weight is 492 g/mol. The predicted octanol–water partition coefficient (Wildman–Crippen LogP) is 4.33. The third kappa shape index (κ3) is 5.93. The van der Waals surface area contributed by atoms with Crippen LogP contribution in [0.4, 0.5) is 24.5 Å². The van der Waals surface area contributed by atoms with Gasteiger partial charge in [-0.2, -0.15) is 13.2 Å². The van der Waals surface area contributed by atoms with Crippen LogP contribution in [0.5, 0.6) is 0 Å². The summed E-state index contributed by atoms with van der Waals surface area (Å²) in [4.78, 5) is 24.2. The quantitative estimate of drug-likeness (QED) is 0.496. The van der Waals surface area contributed by atoms with E-state index in [1.165, 1.54) is 31.3 Å². The number of halogens is 3. The van der Waals surface area contributed by atoms with Crippen LogP contribution in [0.2, 0.25) is 0 Å². The first-order valence-corrected chi connectivity index (χ1v) is 11.2. The van der Waals surface area contributed by atoms with Crippen molar-refractivity contribution in [1.29, 1.82) is 0 Å². The van der Waals surface area contributed by atoms with E-state index in [0.29, 0.717) is 5.69 Å². The molecule has 1 N–H and O–H groups in total. The smallest absolute Gasteiger partial charge is 0.416 e. The van der Waals surface area contributed by atoms with Crippen LogP contribution in [0.25, 0.3) is 0 Å². The van der Waals surface area contributed by atoms with Gasteiger partial charge in [0, 0.05) is 12.7 Å². The highest BCUT2D eigenvalue weighted by Crippen LogP contribution is 2.30. The molecule has 0 bridgehead atoms. The molecule has 0 saturated heterocycles. The molecule has 11 heteroatoms. The molecule has 3 aromatic rings. The Balaban J connectivity index is 1.66. The summed E-state index contributed by atoms with van der Waals surface area (Å²) in [5, 5.41) is 2.21. The number of benzene rings is 3. The molecule has 0 aliphatic carbocycles. The second-order valence-corrected chi connectivity index (χ2v) is 9.01. The summed E-state index contributed by atoms with van der Waals surface area (Å²) < 4.78 is 70.1. The summed E-state index contributed by atoms with van der Waals surface area (Å²) in [6.07, 6.45) is -4.58. The second kappa shape index (κ2) is 9.96. The van der Waals surface area contributed by atoms with Crippen LogP contribution in [0.15, 0.2) is 83.8 Å². The highest BCUT2D eigenvalue weighted by Gasteiger charge is 2.30. The van der Waals surface area contributed by atoms with Gasteiger partial charge in [-0.05, 0) is 48.5 Å². The SMILES string of the molecule is CN(c1ccccc1)S(=O)(=O)c1cccc(C(=O)OCC(=O)Nc2cccc(C(F)(F)F)c2)c1. The van der Waals surface area contributed by atoms with Crippen LogP contribution in [0.1, 0.15) is 15.9 Å². The topological polar surface area (TPSA) is 92.8 Å². The Hall–Kier alpha value is -3.86. The molecule has 0 radical (unpaired) electrons. The van der Waals surface area contributed by atoms with E-state index < -0.39 is 40.2 Å². The van der Waals surface area contributed by atoms with Gasteiger partial charge in [-0.1, -0.05) is 30.3 Å². The van der Waals surface area contributed by atoms with E-state index in [4.69, 9.17) is 4.74 Å². The van der Waals surface area contributed by atoms with E-state index in [1.54, 1.807) is 30.3 Å². The minimum atomic E-state index is -4.58. The number of carbonyl (C=O) groups is 2. The standard InChI is InChI=1S/C23H19F3N2O5S/c1-28(19-10-3-2-4-11-19)34(31,32)20-12-5-7-16(13-20)22(30)33-15-21(29)27-18-9-6-8-17(14-18)23(24,25)26/h2-14H,15H2,1H3,(H,27,29). The van der Waals surface area contributed by atoms with Gasteiger partial charge in [0.15, 0.2) is 6.61 Å². The van der Waals surface area contributed by atoms with Gasteiger partial charge < -0.3 is 10.1 Å². The van der Waals surface area contributed by atoms with Crippen molar-refractivity contribution in [3.63, 3.8) is 0 Å². The summed E-state index contributed by atoms with van der Waals surface area (Å²) in [6, 6.07) is 17.4. The third-order valence-electron chi connectivity index (χ3n) is 4.66. The average Bonchev–Trinajstić information content (AvgIpc) is 2.82. The molecule has 3 rings (SSSR count). The van der Waals surface area contributed by atoms with Crippen molar-refractivity contribution in [1.82, 2.24) is 0 Å². The Kier molecular flexibility index (Phi) is 7.26. The van der Waals surface area contributed by atoms with Crippen molar-refractivity contribution in [2.45, 2.75) is 11.1 Å². The molecule has 0 saturated carbocycles. The maximum absolute atomic E-state index is 12.9. The molecule has 0 aliphatic rings. The zero-order valence-electron chi connectivity index (χ0n) is 17.7. The van der Waals surface area contributed by atoms with Crippen molar-refractivity contribution in [3.05, 3.63) is 90.0 Å². The second-order valence-electron chi connectivity index (χ2n) is 7.04. The van der Waals surface area contributed by atoms with Crippen molar-refractivity contribution in [2.75, 3.05) is 23.3 Å². The fourth-order valence-corrected chi connectivity index (χ4v) is 4.15. The number of carbonyl (C=O) groups excluding carboxylic acids is 2. The van der Waals surface area contributed by atoms with E-state index in [0.717, 1.165) is 28.6 Å². The van der Waals surface area contributed by atoms with Gasteiger partial charge >= 0.3 is 12.1 Å². The number of hydrogen-bond donors (Lipinski definition) is 1. The molecule has 0 atom stereocenters. The number of nitrogens with one attached hydrogen (secondary N) is 1. The molecule has 0 heterocycles. The molecule has 0 unspecified atom stereocenters. The number of rotatable bonds is 7. The van der Waals surface area contributed by atoms with Crippen LogP contribution in [0.3, 0.4) is 0 Å². The Morgan fingerprint density at radius 3 is 2.29 bits per heavy atom. The lowest BCUT2D eigenvalue weighted by atomic mass is 10.2. The predicted molar refractivity (Wildman–Crippen MR) is 119 cm³/mol. The maximum Gasteiger partial charge on any atom is 0.416 e. The molecule has 0 fully saturated rings. The number of ether oxygens (including phenoxy) is 1. The Labute approximate surface area is 193 Å². The molecule has 0 aromatic heterocycles. The Bertz CT molecular complexity index is 1300. The van der Waals surface area contributed by atoms with Gasteiger partial charge in [0.1, 0.15) is 0 Å². The first kappa shape index (κ1) is 24.8. The molecule has 1 amide bonds. The van der Waals surface area contributed by atoms with Crippen LogP contribution in [-0.4, -0.2) is 33.9 Å². The van der Waals surface area contributed by atoms with Gasteiger partial charge in [-0.25, -0.2) is 13.2 Å². The summed E-state index contributed by atoms with van der Waals surface area (Å²) in [5.41, 5.74) is -0.759. The first-order valence-electron chi connectivity index (χ1n) is 9.77. The molecule has 178 valence electrons. The lowest BCUT2D eigenvalue weighted by molar-refractivity contribution is -0.137. The molecule has 3 aromatic carbocycles. The maximum atomic E-state index is 12.9. The van der Waals surface area contributed by atoms with E-state index in [2.05, 4.69) is 5.32 Å². The molecular formula is C23H19F3N2O5S. The van der Waals surface area contributed by atoms with Crippen molar-refractivity contribution >= 4 is 33.3 Å². The van der Waals surface area contributed by atoms with E-state index >= 15 is 0 Å². The number of sulfonamides is 1. The highest BCUT2D eigenvalue weighted by atomic mass is 32.2. The normalized spacial score (nSPS) is 11.5. The van der Waals surface area contributed by atoms with Gasteiger partial charge in [0.2, 0.25) is 0 Å². The number of amides is 1. The fraction of sp³-hybridized carbons (Fsp3) is 0.130. The van der Waals surface area contributed by atoms with Gasteiger partial charge in [0.05, 0.1) is 21.7 Å². The number of esters is 1. The van der Waals surface area contributed by atoms with Gasteiger partial charge in [-0.15, -0.1) is 0 Å². The fourth-order valence-electron chi connectivity index (χ4n) is 2.90. The number of para-hydroxylation sites is 1. The number of alkyl halides is 3. The molecular weight excluding hydrogens is 473 g/mol. The van der Waals surface area contributed by atoms with Crippen LogP contribution in [0, 0.1) is 0 Å². The summed E-state index contributed by atoms with van der Waals surface area (Å²) in [7, 11) is -2.61. The largest absolute Gasteiger partial charge is 0.452 e. The molecule has 34 heavy (non-hydrogen) atoms. The monoisotopic (exact) mass is 492 g/mol. The molecule has 0 aliphatic heterocycles. The van der Waals surface area contributed by atoms with E-state index in [-0.39, 0.29) is 16.1 Å². The lowest BCUT2D eigenvalue weighted by Gasteiger charge is -2.19.